The Balaban J connectivity index is 1.40. The van der Waals surface area contributed by atoms with E-state index < -0.39 is 26.0 Å². The second-order valence-electron chi connectivity index (χ2n) is 8.21. The minimum atomic E-state index is -3.67. The Labute approximate surface area is 195 Å². The van der Waals surface area contributed by atoms with Crippen LogP contribution in [-0.2, 0) is 19.9 Å². The number of hydrogen-bond donors (Lipinski definition) is 3. The molecule has 1 saturated heterocycles. The van der Waals surface area contributed by atoms with Gasteiger partial charge < -0.3 is 20.3 Å². The van der Waals surface area contributed by atoms with E-state index in [4.69, 9.17) is 4.74 Å². The van der Waals surface area contributed by atoms with Gasteiger partial charge in [0.2, 0.25) is 10.0 Å². The first kappa shape index (κ1) is 25.4. The van der Waals surface area contributed by atoms with Crippen LogP contribution in [0.15, 0.2) is 58.3 Å². The van der Waals surface area contributed by atoms with Crippen molar-refractivity contribution in [2.45, 2.75) is 28.7 Å². The molecule has 33 heavy (non-hydrogen) atoms. The van der Waals surface area contributed by atoms with Crippen molar-refractivity contribution in [3.8, 4) is 11.5 Å². The van der Waals surface area contributed by atoms with Gasteiger partial charge in [-0.15, -0.1) is 0 Å². The van der Waals surface area contributed by atoms with E-state index >= 15 is 0 Å². The molecule has 182 valence electrons. The van der Waals surface area contributed by atoms with Crippen LogP contribution in [0.2, 0.25) is 0 Å². The van der Waals surface area contributed by atoms with Crippen LogP contribution in [0, 0.1) is 5.92 Å². The predicted octanol–water partition coefficient (Wildman–Crippen LogP) is 1.23. The van der Waals surface area contributed by atoms with Gasteiger partial charge in [0.05, 0.1) is 9.79 Å². The van der Waals surface area contributed by atoms with Crippen molar-refractivity contribution in [1.29, 1.82) is 0 Å². The number of sulfone groups is 1. The summed E-state index contributed by atoms with van der Waals surface area (Å²) in [7, 11) is -7.05. The Kier molecular flexibility index (Phi) is 8.35. The van der Waals surface area contributed by atoms with Crippen molar-refractivity contribution >= 4 is 19.9 Å². The van der Waals surface area contributed by atoms with Gasteiger partial charge in [0.25, 0.3) is 0 Å². The Morgan fingerprint density at radius 1 is 1.00 bits per heavy atom. The summed E-state index contributed by atoms with van der Waals surface area (Å²) in [5, 5.41) is 22.5. The van der Waals surface area contributed by atoms with Crippen LogP contribution in [0.5, 0.6) is 11.5 Å². The molecule has 0 aliphatic carbocycles. The number of aliphatic hydroxyl groups excluding tert-OH is 1. The summed E-state index contributed by atoms with van der Waals surface area (Å²) in [5.41, 5.74) is 0. The number of sulfonamides is 1. The molecule has 9 nitrogen and oxygen atoms in total. The van der Waals surface area contributed by atoms with Gasteiger partial charge in [0, 0.05) is 25.9 Å². The van der Waals surface area contributed by atoms with Gasteiger partial charge in [-0.1, -0.05) is 0 Å². The first-order valence-electron chi connectivity index (χ1n) is 10.7. The third-order valence-corrected chi connectivity index (χ3v) is 8.60. The lowest BCUT2D eigenvalue weighted by atomic mass is 9.98. The number of ether oxygens (including phenoxy) is 1. The number of nitrogens with one attached hydrogen (secondary N) is 1. The van der Waals surface area contributed by atoms with Gasteiger partial charge >= 0.3 is 0 Å². The van der Waals surface area contributed by atoms with Gasteiger partial charge in [-0.3, -0.25) is 0 Å². The van der Waals surface area contributed by atoms with E-state index in [9.17, 15) is 27.0 Å². The van der Waals surface area contributed by atoms with Crippen molar-refractivity contribution in [3.05, 3.63) is 48.5 Å². The molecule has 11 heteroatoms. The maximum Gasteiger partial charge on any atom is 0.243 e. The first-order valence-corrected chi connectivity index (χ1v) is 14.0. The highest BCUT2D eigenvalue weighted by Crippen LogP contribution is 2.24. The molecule has 2 aromatic carbocycles. The standard InChI is InChI=1S/C22H30N2O7S2/c1-32(27,28)21-6-8-22(9-7-21)33(29,30)24-12-10-17(11-13-24)14-23-15-19(26)16-31-20-4-2-18(25)3-5-20/h2-9,17,19,23,25-26H,10-16H2,1H3/t19-/m0/s1. The van der Waals surface area contributed by atoms with E-state index in [1.165, 1.54) is 40.7 Å². The van der Waals surface area contributed by atoms with Gasteiger partial charge in [-0.05, 0) is 73.8 Å². The molecule has 1 aliphatic heterocycles. The summed E-state index contributed by atoms with van der Waals surface area (Å²) < 4.78 is 55.8. The van der Waals surface area contributed by atoms with Crippen LogP contribution < -0.4 is 10.1 Å². The van der Waals surface area contributed by atoms with Crippen LogP contribution in [0.25, 0.3) is 0 Å². The molecule has 0 radical (unpaired) electrons. The predicted molar refractivity (Wildman–Crippen MR) is 124 cm³/mol. The zero-order valence-corrected chi connectivity index (χ0v) is 20.1. The van der Waals surface area contributed by atoms with E-state index in [1.807, 2.05) is 0 Å². The van der Waals surface area contributed by atoms with Crippen LogP contribution in [-0.4, -0.2) is 76.5 Å². The van der Waals surface area contributed by atoms with Crippen LogP contribution >= 0.6 is 0 Å². The average molecular weight is 499 g/mol. The van der Waals surface area contributed by atoms with Gasteiger partial charge in [-0.2, -0.15) is 4.31 Å². The summed E-state index contributed by atoms with van der Waals surface area (Å²) in [6.07, 6.45) is 1.76. The van der Waals surface area contributed by atoms with Crippen molar-refractivity contribution in [3.63, 3.8) is 0 Å². The maximum absolute atomic E-state index is 12.9. The minimum Gasteiger partial charge on any atom is -0.508 e. The molecule has 0 unspecified atom stereocenters. The summed E-state index contributed by atoms with van der Waals surface area (Å²) >= 11 is 0. The SMILES string of the molecule is CS(=O)(=O)c1ccc(S(=O)(=O)N2CCC(CNC[C@H](O)COc3ccc(O)cc3)CC2)cc1. The molecule has 0 amide bonds. The monoisotopic (exact) mass is 498 g/mol. The van der Waals surface area contributed by atoms with E-state index in [2.05, 4.69) is 5.32 Å². The number of benzene rings is 2. The number of hydrogen-bond acceptors (Lipinski definition) is 8. The van der Waals surface area contributed by atoms with Crippen LogP contribution in [0.1, 0.15) is 12.8 Å². The highest BCUT2D eigenvalue weighted by atomic mass is 32.2. The highest BCUT2D eigenvalue weighted by Gasteiger charge is 2.29. The number of nitrogens with zero attached hydrogens (tertiary/aromatic N) is 1. The van der Waals surface area contributed by atoms with E-state index in [1.54, 1.807) is 12.1 Å². The highest BCUT2D eigenvalue weighted by molar-refractivity contribution is 7.90. The third kappa shape index (κ3) is 7.15. The molecular weight excluding hydrogens is 468 g/mol. The smallest absolute Gasteiger partial charge is 0.243 e. The maximum atomic E-state index is 12.9. The van der Waals surface area contributed by atoms with Crippen molar-refractivity contribution in [2.24, 2.45) is 5.92 Å². The second kappa shape index (κ2) is 10.8. The molecule has 1 heterocycles. The lowest BCUT2D eigenvalue weighted by Gasteiger charge is -2.31. The first-order chi connectivity index (χ1) is 15.6. The fraction of sp³-hybridized carbons (Fsp3) is 0.455. The van der Waals surface area contributed by atoms with Gasteiger partial charge in [0.15, 0.2) is 9.84 Å². The molecule has 1 fully saturated rings. The Hall–Kier alpha value is -2.18. The second-order valence-corrected chi connectivity index (χ2v) is 12.2. The number of rotatable bonds is 10. The molecule has 1 aliphatic rings. The Morgan fingerprint density at radius 3 is 2.15 bits per heavy atom. The van der Waals surface area contributed by atoms with Crippen LogP contribution in [0.3, 0.4) is 0 Å². The molecule has 0 bridgehead atoms. The number of aliphatic hydroxyl groups is 1. The number of aromatic hydroxyl groups is 1. The zero-order chi connectivity index (χ0) is 24.1. The summed E-state index contributed by atoms with van der Waals surface area (Å²) in [6.45, 7) is 1.90. The minimum absolute atomic E-state index is 0.0851. The van der Waals surface area contributed by atoms with Gasteiger partial charge in [-0.25, -0.2) is 16.8 Å². The Morgan fingerprint density at radius 2 is 1.58 bits per heavy atom. The van der Waals surface area contributed by atoms with Crippen molar-refractivity contribution in [2.75, 3.05) is 39.0 Å². The zero-order valence-electron chi connectivity index (χ0n) is 18.4. The largest absolute Gasteiger partial charge is 0.508 e. The number of phenolic OH excluding ortho intramolecular Hbond substituents is 1. The third-order valence-electron chi connectivity index (χ3n) is 5.56. The van der Waals surface area contributed by atoms with Crippen molar-refractivity contribution < 1.29 is 31.8 Å². The molecule has 0 spiro atoms. The fourth-order valence-electron chi connectivity index (χ4n) is 3.61. The lowest BCUT2D eigenvalue weighted by Crippen LogP contribution is -2.42. The lowest BCUT2D eigenvalue weighted by molar-refractivity contribution is 0.104. The van der Waals surface area contributed by atoms with E-state index in [-0.39, 0.29) is 28.1 Å². The molecule has 3 rings (SSSR count). The molecule has 0 saturated carbocycles. The van der Waals surface area contributed by atoms with E-state index in [0.717, 1.165) is 6.26 Å². The molecule has 1 atom stereocenters. The average Bonchev–Trinajstić information content (AvgIpc) is 2.78. The van der Waals surface area contributed by atoms with Crippen molar-refractivity contribution in [1.82, 2.24) is 9.62 Å². The van der Waals surface area contributed by atoms with Gasteiger partial charge in [0.1, 0.15) is 24.2 Å². The quantitative estimate of drug-likeness (QED) is 0.445. The molecule has 2 aromatic rings. The van der Waals surface area contributed by atoms with E-state index in [0.29, 0.717) is 44.8 Å². The number of piperidine rings is 1. The molecular formula is C22H30N2O7S2. The summed E-state index contributed by atoms with van der Waals surface area (Å²) in [5.74, 6) is 0.994. The topological polar surface area (TPSA) is 133 Å². The fourth-order valence-corrected chi connectivity index (χ4v) is 5.71. The summed E-state index contributed by atoms with van der Waals surface area (Å²) in [6, 6.07) is 11.6. The summed E-state index contributed by atoms with van der Waals surface area (Å²) in [4.78, 5) is 0.171. The van der Waals surface area contributed by atoms with Crippen LogP contribution in [0.4, 0.5) is 0 Å². The Bertz CT molecular complexity index is 1110. The molecule has 3 N–H and O–H groups in total. The normalized spacial score (nSPS) is 17.0. The molecule has 0 aromatic heterocycles. The number of phenols is 1.